The zero-order valence-electron chi connectivity index (χ0n) is 11.6. The van der Waals surface area contributed by atoms with Crippen LogP contribution in [-0.2, 0) is 14.8 Å². The second-order valence-electron chi connectivity index (χ2n) is 5.01. The molecule has 1 heterocycles. The van der Waals surface area contributed by atoms with Crippen LogP contribution in [0.25, 0.3) is 0 Å². The van der Waals surface area contributed by atoms with Gasteiger partial charge in [-0.2, -0.15) is 4.31 Å². The molecule has 2 atom stereocenters. The Labute approximate surface area is 115 Å². The predicted octanol–water partition coefficient (Wildman–Crippen LogP) is 0.0777. The molecule has 19 heavy (non-hydrogen) atoms. The summed E-state index contributed by atoms with van der Waals surface area (Å²) in [7, 11) is -3.33. The van der Waals surface area contributed by atoms with E-state index in [0.717, 1.165) is 6.42 Å². The molecule has 7 heteroatoms. The molecule has 0 aromatic carbocycles. The maximum Gasteiger partial charge on any atom is 0.238 e. The van der Waals surface area contributed by atoms with Crippen molar-refractivity contribution in [3.05, 3.63) is 0 Å². The molecule has 0 bridgehead atoms. The number of hydrogen-bond donors (Lipinski definition) is 2. The van der Waals surface area contributed by atoms with Crippen LogP contribution in [0.1, 0.15) is 39.5 Å². The molecule has 0 aromatic rings. The third-order valence-electron chi connectivity index (χ3n) is 3.28. The van der Waals surface area contributed by atoms with Gasteiger partial charge in [-0.3, -0.25) is 4.79 Å². The van der Waals surface area contributed by atoms with E-state index in [4.69, 9.17) is 5.11 Å². The monoisotopic (exact) mass is 292 g/mol. The fraction of sp³-hybridized carbons (Fsp3) is 0.917. The van der Waals surface area contributed by atoms with E-state index in [1.165, 1.54) is 4.31 Å². The van der Waals surface area contributed by atoms with Gasteiger partial charge in [0.25, 0.3) is 0 Å². The van der Waals surface area contributed by atoms with E-state index in [1.807, 2.05) is 6.92 Å². The zero-order chi connectivity index (χ0) is 14.5. The highest BCUT2D eigenvalue weighted by Crippen LogP contribution is 2.22. The first-order chi connectivity index (χ1) is 8.92. The lowest BCUT2D eigenvalue weighted by Gasteiger charge is -2.24. The third kappa shape index (κ3) is 4.43. The number of nitrogens with zero attached hydrogens (tertiary/aromatic N) is 1. The van der Waals surface area contributed by atoms with E-state index < -0.39 is 16.1 Å². The van der Waals surface area contributed by atoms with Crippen molar-refractivity contribution >= 4 is 15.9 Å². The molecule has 2 N–H and O–H groups in total. The van der Waals surface area contributed by atoms with E-state index in [1.54, 1.807) is 6.92 Å². The number of carbonyl (C=O) groups excluding carboxylic acids is 1. The molecule has 6 nitrogen and oxygen atoms in total. The van der Waals surface area contributed by atoms with Crippen molar-refractivity contribution in [1.82, 2.24) is 9.62 Å². The maximum atomic E-state index is 12.1. The van der Waals surface area contributed by atoms with Crippen LogP contribution in [0.4, 0.5) is 0 Å². The summed E-state index contributed by atoms with van der Waals surface area (Å²) in [5.74, 6) is -0.165. The minimum Gasteiger partial charge on any atom is -0.396 e. The lowest BCUT2D eigenvalue weighted by atomic mass is 10.2. The van der Waals surface area contributed by atoms with Crippen LogP contribution in [0, 0.1) is 0 Å². The van der Waals surface area contributed by atoms with Crippen LogP contribution in [0.3, 0.4) is 0 Å². The van der Waals surface area contributed by atoms with E-state index >= 15 is 0 Å². The molecular weight excluding hydrogens is 268 g/mol. The number of aliphatic hydroxyl groups excluding tert-OH is 1. The molecule has 1 saturated heterocycles. The topological polar surface area (TPSA) is 86.7 Å². The van der Waals surface area contributed by atoms with E-state index in [-0.39, 0.29) is 24.3 Å². The lowest BCUT2D eigenvalue weighted by molar-refractivity contribution is -0.124. The first kappa shape index (κ1) is 16.4. The number of amides is 1. The summed E-state index contributed by atoms with van der Waals surface area (Å²) in [6.07, 6.45) is 2.31. The molecule has 1 aliphatic rings. The Hall–Kier alpha value is -0.660. The van der Waals surface area contributed by atoms with Crippen LogP contribution in [0.5, 0.6) is 0 Å². The molecule has 1 rings (SSSR count). The van der Waals surface area contributed by atoms with Crippen molar-refractivity contribution < 1.29 is 18.3 Å². The quantitative estimate of drug-likeness (QED) is 0.695. The molecule has 0 saturated carbocycles. The van der Waals surface area contributed by atoms with Crippen molar-refractivity contribution in [2.75, 3.05) is 18.9 Å². The standard InChI is InChI=1S/C12H24N2O4S/c1-3-9-19(17,18)14-7-4-5-11(14)12(16)13-10(2)6-8-15/h10-11,15H,3-9H2,1-2H3,(H,13,16). The second kappa shape index (κ2) is 7.21. The molecule has 0 aliphatic carbocycles. The van der Waals surface area contributed by atoms with Gasteiger partial charge in [0.05, 0.1) is 5.75 Å². The Kier molecular flexibility index (Phi) is 6.22. The number of carbonyl (C=O) groups is 1. The number of rotatable bonds is 7. The summed E-state index contributed by atoms with van der Waals surface area (Å²) < 4.78 is 25.5. The van der Waals surface area contributed by atoms with Gasteiger partial charge >= 0.3 is 0 Å². The molecule has 1 amide bonds. The highest BCUT2D eigenvalue weighted by molar-refractivity contribution is 7.89. The number of sulfonamides is 1. The van der Waals surface area contributed by atoms with Crippen molar-refractivity contribution in [1.29, 1.82) is 0 Å². The lowest BCUT2D eigenvalue weighted by Crippen LogP contribution is -2.48. The molecular formula is C12H24N2O4S. The second-order valence-corrected chi connectivity index (χ2v) is 7.05. The van der Waals surface area contributed by atoms with Gasteiger partial charge in [0, 0.05) is 19.2 Å². The summed E-state index contributed by atoms with van der Waals surface area (Å²) in [5, 5.41) is 11.6. The number of nitrogens with one attached hydrogen (secondary N) is 1. The minimum atomic E-state index is -3.33. The predicted molar refractivity (Wildman–Crippen MR) is 73.1 cm³/mol. The highest BCUT2D eigenvalue weighted by Gasteiger charge is 2.38. The van der Waals surface area contributed by atoms with E-state index in [2.05, 4.69) is 5.32 Å². The number of hydrogen-bond acceptors (Lipinski definition) is 4. The highest BCUT2D eigenvalue weighted by atomic mass is 32.2. The van der Waals surface area contributed by atoms with Crippen molar-refractivity contribution in [3.8, 4) is 0 Å². The van der Waals surface area contributed by atoms with Gasteiger partial charge in [0.2, 0.25) is 15.9 Å². The Morgan fingerprint density at radius 3 is 2.79 bits per heavy atom. The average molecular weight is 292 g/mol. The van der Waals surface area contributed by atoms with Crippen LogP contribution in [0.15, 0.2) is 0 Å². The summed E-state index contributed by atoms with van der Waals surface area (Å²) in [6.45, 7) is 4.04. The van der Waals surface area contributed by atoms with E-state index in [0.29, 0.717) is 25.8 Å². The molecule has 0 radical (unpaired) electrons. The third-order valence-corrected chi connectivity index (χ3v) is 5.35. The Morgan fingerprint density at radius 1 is 1.53 bits per heavy atom. The first-order valence-electron chi connectivity index (χ1n) is 6.83. The molecule has 0 aromatic heterocycles. The minimum absolute atomic E-state index is 0.00393. The van der Waals surface area contributed by atoms with Crippen molar-refractivity contribution in [2.45, 2.75) is 51.6 Å². The summed E-state index contributed by atoms with van der Waals surface area (Å²) >= 11 is 0. The Morgan fingerprint density at radius 2 is 2.21 bits per heavy atom. The van der Waals surface area contributed by atoms with Gasteiger partial charge in [-0.15, -0.1) is 0 Å². The smallest absolute Gasteiger partial charge is 0.238 e. The molecule has 2 unspecified atom stereocenters. The van der Waals surface area contributed by atoms with Gasteiger partial charge < -0.3 is 10.4 Å². The summed E-state index contributed by atoms with van der Waals surface area (Å²) in [4.78, 5) is 12.1. The normalized spacial score (nSPS) is 22.4. The van der Waals surface area contributed by atoms with Gasteiger partial charge in [-0.25, -0.2) is 8.42 Å². The van der Waals surface area contributed by atoms with Gasteiger partial charge in [0.15, 0.2) is 0 Å². The van der Waals surface area contributed by atoms with Crippen molar-refractivity contribution in [2.24, 2.45) is 0 Å². The first-order valence-corrected chi connectivity index (χ1v) is 8.44. The van der Waals surface area contributed by atoms with E-state index in [9.17, 15) is 13.2 Å². The molecule has 1 aliphatic heterocycles. The summed E-state index contributed by atoms with van der Waals surface area (Å²) in [5.41, 5.74) is 0. The molecule has 1 fully saturated rings. The van der Waals surface area contributed by atoms with Crippen LogP contribution >= 0.6 is 0 Å². The fourth-order valence-electron chi connectivity index (χ4n) is 2.32. The Balaban J connectivity index is 2.68. The van der Waals surface area contributed by atoms with Crippen LogP contribution in [0.2, 0.25) is 0 Å². The van der Waals surface area contributed by atoms with Gasteiger partial charge in [0.1, 0.15) is 6.04 Å². The van der Waals surface area contributed by atoms with Crippen molar-refractivity contribution in [3.63, 3.8) is 0 Å². The maximum absolute atomic E-state index is 12.1. The zero-order valence-corrected chi connectivity index (χ0v) is 12.4. The van der Waals surface area contributed by atoms with Gasteiger partial charge in [-0.05, 0) is 32.6 Å². The largest absolute Gasteiger partial charge is 0.396 e. The Bertz CT molecular complexity index is 397. The van der Waals surface area contributed by atoms with Gasteiger partial charge in [-0.1, -0.05) is 6.92 Å². The average Bonchev–Trinajstić information content (AvgIpc) is 2.78. The summed E-state index contributed by atoms with van der Waals surface area (Å²) in [6, 6.07) is -0.730. The number of aliphatic hydroxyl groups is 1. The molecule has 112 valence electrons. The van der Waals surface area contributed by atoms with Crippen LogP contribution in [-0.4, -0.2) is 54.7 Å². The fourth-order valence-corrected chi connectivity index (χ4v) is 4.06. The SMILES string of the molecule is CCCS(=O)(=O)N1CCCC1C(=O)NC(C)CCO. The van der Waals surface area contributed by atoms with Crippen LogP contribution < -0.4 is 5.32 Å². The molecule has 0 spiro atoms.